The number of nitrogens with zero attached hydrogens (tertiary/aromatic N) is 4. The van der Waals surface area contributed by atoms with Gasteiger partial charge in [0, 0.05) is 12.5 Å². The molecule has 0 radical (unpaired) electrons. The lowest BCUT2D eigenvalue weighted by Crippen LogP contribution is -2.30. The summed E-state index contributed by atoms with van der Waals surface area (Å²) in [6.07, 6.45) is 0. The van der Waals surface area contributed by atoms with Crippen LogP contribution in [0.15, 0.2) is 84.9 Å². The van der Waals surface area contributed by atoms with Gasteiger partial charge in [-0.3, -0.25) is 29.2 Å². The molecule has 7 rings (SSSR count). The molecule has 0 saturated heterocycles. The van der Waals surface area contributed by atoms with Crippen LogP contribution in [0.3, 0.4) is 0 Å². The first-order valence-corrected chi connectivity index (χ1v) is 14.5. The van der Waals surface area contributed by atoms with Gasteiger partial charge >= 0.3 is 0 Å². The molecule has 228 valence electrons. The third kappa shape index (κ3) is 4.69. The first-order chi connectivity index (χ1) is 22.0. The molecule has 11 nitrogen and oxygen atoms in total. The lowest BCUT2D eigenvalue weighted by molar-refractivity contribution is 0.0692. The molecule has 0 saturated carbocycles. The van der Waals surface area contributed by atoms with E-state index in [0.717, 1.165) is 20.9 Å². The van der Waals surface area contributed by atoms with Crippen LogP contribution in [0.1, 0.15) is 72.2 Å². The molecule has 0 fully saturated rings. The minimum absolute atomic E-state index is 0.00948. The number of ether oxygens (including phenoxy) is 2. The molecule has 5 aromatic rings. The van der Waals surface area contributed by atoms with E-state index in [1.807, 2.05) is 48.5 Å². The molecule has 2 aliphatic heterocycles. The molecule has 0 aliphatic carbocycles. The van der Waals surface area contributed by atoms with Crippen LogP contribution in [0.4, 0.5) is 5.95 Å². The fourth-order valence-electron chi connectivity index (χ4n) is 5.62. The number of H-pyrrole nitrogens is 1. The van der Waals surface area contributed by atoms with E-state index in [9.17, 15) is 19.2 Å². The minimum atomic E-state index is -0.510. The Morgan fingerprint density at radius 3 is 1.54 bits per heavy atom. The second kappa shape index (κ2) is 10.5. The van der Waals surface area contributed by atoms with E-state index in [1.165, 1.54) is 7.05 Å². The number of hydrogen-bond acceptors (Lipinski definition) is 8. The maximum Gasteiger partial charge on any atom is 0.268 e. The largest absolute Gasteiger partial charge is 0.457 e. The maximum atomic E-state index is 13.0. The number of carbonyl (C=O) groups is 4. The highest BCUT2D eigenvalue weighted by molar-refractivity contribution is 6.34. The quantitative estimate of drug-likeness (QED) is 0.219. The molecule has 4 amide bonds. The number of rotatable bonds is 7. The van der Waals surface area contributed by atoms with Crippen molar-refractivity contribution < 1.29 is 28.7 Å². The van der Waals surface area contributed by atoms with E-state index in [2.05, 4.69) is 29.0 Å². The summed E-state index contributed by atoms with van der Waals surface area (Å²) in [6, 6.07) is 25.0. The molecule has 0 spiro atoms. The number of amides is 4. The van der Waals surface area contributed by atoms with Crippen LogP contribution in [-0.4, -0.2) is 50.8 Å². The first-order valence-electron chi connectivity index (χ1n) is 14.5. The van der Waals surface area contributed by atoms with Crippen molar-refractivity contribution in [2.24, 2.45) is 0 Å². The van der Waals surface area contributed by atoms with E-state index >= 15 is 0 Å². The van der Waals surface area contributed by atoms with Crippen molar-refractivity contribution in [3.63, 3.8) is 0 Å². The van der Waals surface area contributed by atoms with Crippen molar-refractivity contribution in [3.8, 4) is 23.0 Å². The summed E-state index contributed by atoms with van der Waals surface area (Å²) >= 11 is 0. The fraction of sp³-hybridized carbons (Fsp3) is 0.143. The number of hydrogen-bond donors (Lipinski definition) is 1. The first kappa shape index (κ1) is 28.7. The highest BCUT2D eigenvalue weighted by atomic mass is 16.5. The lowest BCUT2D eigenvalue weighted by Gasteiger charge is -2.26. The molecular weight excluding hydrogens is 586 g/mol. The zero-order chi connectivity index (χ0) is 32.3. The molecule has 1 aromatic heterocycles. The number of aromatic nitrogens is 3. The number of aryl methyl sites for hydroxylation is 1. The van der Waals surface area contributed by atoms with Crippen molar-refractivity contribution >= 4 is 29.6 Å². The molecule has 0 atom stereocenters. The van der Waals surface area contributed by atoms with Gasteiger partial charge < -0.3 is 9.47 Å². The monoisotopic (exact) mass is 613 g/mol. The van der Waals surface area contributed by atoms with Crippen LogP contribution >= 0.6 is 0 Å². The summed E-state index contributed by atoms with van der Waals surface area (Å²) < 4.78 is 12.0. The van der Waals surface area contributed by atoms with E-state index in [1.54, 1.807) is 43.3 Å². The third-order valence-corrected chi connectivity index (χ3v) is 8.33. The van der Waals surface area contributed by atoms with E-state index in [-0.39, 0.29) is 34.3 Å². The second-order valence-corrected chi connectivity index (χ2v) is 11.6. The van der Waals surface area contributed by atoms with E-state index < -0.39 is 11.8 Å². The van der Waals surface area contributed by atoms with Crippen LogP contribution in [0, 0.1) is 6.92 Å². The fourth-order valence-corrected chi connectivity index (χ4v) is 5.62. The summed E-state index contributed by atoms with van der Waals surface area (Å²) in [6.45, 7) is 5.91. The summed E-state index contributed by atoms with van der Waals surface area (Å²) in [5.41, 5.74) is 2.94. The van der Waals surface area contributed by atoms with E-state index in [0.29, 0.717) is 39.9 Å². The highest BCUT2D eigenvalue weighted by Crippen LogP contribution is 2.36. The molecule has 0 bridgehead atoms. The Bertz CT molecular complexity index is 2080. The van der Waals surface area contributed by atoms with Crippen LogP contribution in [0.25, 0.3) is 0 Å². The van der Waals surface area contributed by atoms with Gasteiger partial charge in [-0.1, -0.05) is 38.1 Å². The maximum absolute atomic E-state index is 13.0. The van der Waals surface area contributed by atoms with Gasteiger partial charge in [0.2, 0.25) is 0 Å². The standard InChI is InChI=1S/C35H27N5O6/c1-19-36-34(38-37-19)40-32(43)27-16-14-25(18-29(27)33(40)44)46-23-11-7-21(8-12-23)35(2,3)20-5-9-22(10-6-20)45-24-13-15-26-28(17-24)31(42)39(4)30(26)41/h5-18H,1-4H3,(H,36,37,38). The zero-order valence-electron chi connectivity index (χ0n) is 25.3. The summed E-state index contributed by atoms with van der Waals surface area (Å²) in [7, 11) is 1.46. The minimum Gasteiger partial charge on any atom is -0.457 e. The third-order valence-electron chi connectivity index (χ3n) is 8.33. The van der Waals surface area contributed by atoms with E-state index in [4.69, 9.17) is 9.47 Å². The van der Waals surface area contributed by atoms with Gasteiger partial charge in [0.25, 0.3) is 29.6 Å². The number of nitrogens with one attached hydrogen (secondary N) is 1. The molecule has 4 aromatic carbocycles. The molecule has 2 aliphatic rings. The van der Waals surface area contributed by atoms with Gasteiger partial charge in [-0.05, 0) is 78.7 Å². The second-order valence-electron chi connectivity index (χ2n) is 11.6. The van der Waals surface area contributed by atoms with Crippen LogP contribution in [-0.2, 0) is 5.41 Å². The van der Waals surface area contributed by atoms with Gasteiger partial charge in [0.05, 0.1) is 22.3 Å². The topological polar surface area (TPSA) is 135 Å². The summed E-state index contributed by atoms with van der Waals surface area (Å²) in [4.78, 5) is 56.5. The van der Waals surface area contributed by atoms with Crippen molar-refractivity contribution in [1.82, 2.24) is 20.1 Å². The zero-order valence-corrected chi connectivity index (χ0v) is 25.3. The Morgan fingerprint density at radius 1 is 0.609 bits per heavy atom. The van der Waals surface area contributed by atoms with Gasteiger partial charge in [0.15, 0.2) is 0 Å². The Hall–Kier alpha value is -6.10. The summed E-state index contributed by atoms with van der Waals surface area (Å²) in [5, 5.41) is 6.60. The van der Waals surface area contributed by atoms with Crippen LogP contribution in [0.2, 0.25) is 0 Å². The van der Waals surface area contributed by atoms with Gasteiger partial charge in [-0.2, -0.15) is 4.98 Å². The molecule has 0 unspecified atom stereocenters. The Morgan fingerprint density at radius 2 is 1.04 bits per heavy atom. The smallest absolute Gasteiger partial charge is 0.268 e. The van der Waals surface area contributed by atoms with Crippen molar-refractivity contribution in [1.29, 1.82) is 0 Å². The highest BCUT2D eigenvalue weighted by Gasteiger charge is 2.39. The Labute approximate surface area is 263 Å². The average Bonchev–Trinajstić information content (AvgIpc) is 3.65. The number of imide groups is 2. The summed E-state index contributed by atoms with van der Waals surface area (Å²) in [5.74, 6) is 0.906. The average molecular weight is 614 g/mol. The van der Waals surface area contributed by atoms with Crippen molar-refractivity contribution in [2.45, 2.75) is 26.2 Å². The number of benzene rings is 4. The lowest BCUT2D eigenvalue weighted by atomic mass is 9.78. The predicted molar refractivity (Wildman–Crippen MR) is 167 cm³/mol. The Kier molecular flexibility index (Phi) is 6.55. The van der Waals surface area contributed by atoms with Crippen molar-refractivity contribution in [3.05, 3.63) is 124 Å². The number of anilines is 1. The van der Waals surface area contributed by atoms with Gasteiger partial charge in [-0.15, -0.1) is 5.10 Å². The van der Waals surface area contributed by atoms with Crippen LogP contribution in [0.5, 0.6) is 23.0 Å². The molecule has 3 heterocycles. The van der Waals surface area contributed by atoms with Gasteiger partial charge in [-0.25, -0.2) is 4.90 Å². The number of aromatic amines is 1. The van der Waals surface area contributed by atoms with Crippen molar-refractivity contribution in [2.75, 3.05) is 11.9 Å². The SMILES string of the molecule is Cc1nc(N2C(=O)c3ccc(Oc4ccc(C(C)(C)c5ccc(Oc6ccc7c(c6)C(=O)N(C)C7=O)cc5)cc4)cc3C2=O)n[nH]1. The normalized spacial score (nSPS) is 14.2. The molecule has 11 heteroatoms. The molecule has 46 heavy (non-hydrogen) atoms. The molecular formula is C35H27N5O6. The Balaban J connectivity index is 1.04. The predicted octanol–water partition coefficient (Wildman–Crippen LogP) is 6.05. The number of carbonyl (C=O) groups excluding carboxylic acids is 4. The van der Waals surface area contributed by atoms with Gasteiger partial charge in [0.1, 0.15) is 28.8 Å². The molecule has 1 N–H and O–H groups in total. The van der Waals surface area contributed by atoms with Crippen LogP contribution < -0.4 is 14.4 Å². The number of fused-ring (bicyclic) bond motifs is 2.